The van der Waals surface area contributed by atoms with Gasteiger partial charge in [0.15, 0.2) is 5.96 Å². The number of nitrogens with zero attached hydrogens (tertiary/aromatic N) is 3. The third kappa shape index (κ3) is 4.65. The predicted octanol–water partition coefficient (Wildman–Crippen LogP) is 2.42. The molecule has 2 heterocycles. The van der Waals surface area contributed by atoms with Crippen molar-refractivity contribution >= 4 is 11.6 Å². The SMILES string of the molecule is CCNC(=NCc1cccnc1OC)NC1CCN(c2ccccc2)C1. The summed E-state index contributed by atoms with van der Waals surface area (Å²) in [5.74, 6) is 1.46. The minimum atomic E-state index is 0.379. The van der Waals surface area contributed by atoms with Crippen molar-refractivity contribution in [1.29, 1.82) is 0 Å². The van der Waals surface area contributed by atoms with E-state index in [1.54, 1.807) is 13.3 Å². The molecule has 138 valence electrons. The molecule has 1 aliphatic rings. The van der Waals surface area contributed by atoms with E-state index in [0.717, 1.165) is 37.6 Å². The number of rotatable bonds is 6. The summed E-state index contributed by atoms with van der Waals surface area (Å²) >= 11 is 0. The topological polar surface area (TPSA) is 61.8 Å². The van der Waals surface area contributed by atoms with Crippen LogP contribution in [0.1, 0.15) is 18.9 Å². The second-order valence-corrected chi connectivity index (χ2v) is 6.28. The van der Waals surface area contributed by atoms with Crippen LogP contribution in [0.4, 0.5) is 5.69 Å². The monoisotopic (exact) mass is 353 g/mol. The maximum absolute atomic E-state index is 5.31. The molecule has 0 spiro atoms. The molecule has 26 heavy (non-hydrogen) atoms. The smallest absolute Gasteiger partial charge is 0.218 e. The van der Waals surface area contributed by atoms with Gasteiger partial charge in [0.2, 0.25) is 5.88 Å². The Morgan fingerprint density at radius 3 is 2.88 bits per heavy atom. The second kappa shape index (κ2) is 9.08. The quantitative estimate of drug-likeness (QED) is 0.617. The third-order valence-corrected chi connectivity index (χ3v) is 4.45. The zero-order valence-electron chi connectivity index (χ0n) is 15.5. The fraction of sp³-hybridized carbons (Fsp3) is 0.400. The minimum Gasteiger partial charge on any atom is -0.481 e. The van der Waals surface area contributed by atoms with E-state index in [0.29, 0.717) is 18.5 Å². The highest BCUT2D eigenvalue weighted by Gasteiger charge is 2.23. The predicted molar refractivity (Wildman–Crippen MR) is 106 cm³/mol. The van der Waals surface area contributed by atoms with Crippen LogP contribution in [0.5, 0.6) is 5.88 Å². The van der Waals surface area contributed by atoms with Crippen LogP contribution in [-0.4, -0.2) is 43.7 Å². The number of nitrogens with one attached hydrogen (secondary N) is 2. The molecule has 6 heteroatoms. The average Bonchev–Trinajstić information content (AvgIpc) is 3.16. The minimum absolute atomic E-state index is 0.379. The number of guanidine groups is 1. The molecule has 3 rings (SSSR count). The van der Waals surface area contributed by atoms with E-state index in [9.17, 15) is 0 Å². The standard InChI is InChI=1S/C20H27N5O/c1-3-21-20(23-14-16-8-7-12-22-19(16)26-2)24-17-11-13-25(15-17)18-9-5-4-6-10-18/h4-10,12,17H,3,11,13-15H2,1-2H3,(H2,21,23,24). The van der Waals surface area contributed by atoms with Crippen LogP contribution >= 0.6 is 0 Å². The maximum atomic E-state index is 5.31. The van der Waals surface area contributed by atoms with E-state index in [2.05, 4.69) is 57.8 Å². The van der Waals surface area contributed by atoms with E-state index < -0.39 is 0 Å². The fourth-order valence-corrected chi connectivity index (χ4v) is 3.16. The molecule has 0 saturated carbocycles. The highest BCUT2D eigenvalue weighted by atomic mass is 16.5. The van der Waals surface area contributed by atoms with E-state index in [1.165, 1.54) is 5.69 Å². The molecule has 1 aromatic heterocycles. The molecule has 1 aromatic carbocycles. The number of aromatic nitrogens is 1. The zero-order valence-corrected chi connectivity index (χ0v) is 15.5. The first-order valence-electron chi connectivity index (χ1n) is 9.13. The summed E-state index contributed by atoms with van der Waals surface area (Å²) < 4.78 is 5.31. The van der Waals surface area contributed by atoms with E-state index in [1.807, 2.05) is 12.1 Å². The van der Waals surface area contributed by atoms with Gasteiger partial charge in [-0.1, -0.05) is 24.3 Å². The van der Waals surface area contributed by atoms with E-state index in [-0.39, 0.29) is 0 Å². The first kappa shape index (κ1) is 18.0. The Morgan fingerprint density at radius 1 is 1.27 bits per heavy atom. The van der Waals surface area contributed by atoms with Gasteiger partial charge in [-0.3, -0.25) is 0 Å². The summed E-state index contributed by atoms with van der Waals surface area (Å²) in [6.45, 7) is 5.46. The number of hydrogen-bond acceptors (Lipinski definition) is 4. The lowest BCUT2D eigenvalue weighted by molar-refractivity contribution is 0.392. The molecule has 0 bridgehead atoms. The Kier molecular flexibility index (Phi) is 6.30. The van der Waals surface area contributed by atoms with Crippen LogP contribution in [0.2, 0.25) is 0 Å². The van der Waals surface area contributed by atoms with Crippen molar-refractivity contribution in [2.75, 3.05) is 31.6 Å². The number of pyridine rings is 1. The van der Waals surface area contributed by atoms with Crippen molar-refractivity contribution in [3.8, 4) is 5.88 Å². The number of benzene rings is 1. The van der Waals surface area contributed by atoms with Gasteiger partial charge in [0.05, 0.1) is 13.7 Å². The molecule has 0 aliphatic carbocycles. The van der Waals surface area contributed by atoms with Crippen molar-refractivity contribution in [3.63, 3.8) is 0 Å². The Hall–Kier alpha value is -2.76. The first-order valence-corrected chi connectivity index (χ1v) is 9.13. The molecular weight excluding hydrogens is 326 g/mol. The molecule has 1 unspecified atom stereocenters. The third-order valence-electron chi connectivity index (χ3n) is 4.45. The molecule has 2 N–H and O–H groups in total. The molecule has 1 atom stereocenters. The summed E-state index contributed by atoms with van der Waals surface area (Å²) in [6, 6.07) is 14.8. The van der Waals surface area contributed by atoms with Gasteiger partial charge in [0.25, 0.3) is 0 Å². The number of aliphatic imine (C=N–C) groups is 1. The van der Waals surface area contributed by atoms with Gasteiger partial charge in [0, 0.05) is 43.1 Å². The largest absolute Gasteiger partial charge is 0.481 e. The normalized spacial score (nSPS) is 17.2. The number of hydrogen-bond donors (Lipinski definition) is 2. The number of anilines is 1. The van der Waals surface area contributed by atoms with Crippen molar-refractivity contribution in [2.45, 2.75) is 25.9 Å². The Morgan fingerprint density at radius 2 is 2.12 bits per heavy atom. The number of para-hydroxylation sites is 1. The highest BCUT2D eigenvalue weighted by molar-refractivity contribution is 5.80. The lowest BCUT2D eigenvalue weighted by atomic mass is 10.2. The molecule has 2 aromatic rings. The summed E-state index contributed by atoms with van der Waals surface area (Å²) in [5, 5.41) is 6.89. The van der Waals surface area contributed by atoms with Crippen LogP contribution in [0.3, 0.4) is 0 Å². The lowest BCUT2D eigenvalue weighted by Crippen LogP contribution is -2.44. The number of ether oxygens (including phenoxy) is 1. The summed E-state index contributed by atoms with van der Waals surface area (Å²) in [4.78, 5) is 11.3. The van der Waals surface area contributed by atoms with Crippen molar-refractivity contribution in [2.24, 2.45) is 4.99 Å². The maximum Gasteiger partial charge on any atom is 0.218 e. The zero-order chi connectivity index (χ0) is 18.2. The van der Waals surface area contributed by atoms with E-state index in [4.69, 9.17) is 9.73 Å². The van der Waals surface area contributed by atoms with Crippen LogP contribution in [0.25, 0.3) is 0 Å². The summed E-state index contributed by atoms with van der Waals surface area (Å²) in [5.41, 5.74) is 2.25. The fourth-order valence-electron chi connectivity index (χ4n) is 3.16. The molecule has 1 aliphatic heterocycles. The molecule has 1 fully saturated rings. The second-order valence-electron chi connectivity index (χ2n) is 6.28. The first-order chi connectivity index (χ1) is 12.8. The van der Waals surface area contributed by atoms with Gasteiger partial charge >= 0.3 is 0 Å². The molecular formula is C20H27N5O. The van der Waals surface area contributed by atoms with Gasteiger partial charge in [-0.05, 0) is 31.5 Å². The summed E-state index contributed by atoms with van der Waals surface area (Å²) in [7, 11) is 1.63. The highest BCUT2D eigenvalue weighted by Crippen LogP contribution is 2.19. The average molecular weight is 353 g/mol. The Balaban J connectivity index is 1.62. The molecule has 1 saturated heterocycles. The number of methoxy groups -OCH3 is 1. The Labute approximate surface area is 155 Å². The lowest BCUT2D eigenvalue weighted by Gasteiger charge is -2.20. The van der Waals surface area contributed by atoms with Crippen LogP contribution < -0.4 is 20.3 Å². The van der Waals surface area contributed by atoms with Gasteiger partial charge in [-0.2, -0.15) is 0 Å². The van der Waals surface area contributed by atoms with Crippen molar-refractivity contribution < 1.29 is 4.74 Å². The van der Waals surface area contributed by atoms with E-state index >= 15 is 0 Å². The van der Waals surface area contributed by atoms with Crippen LogP contribution in [0.15, 0.2) is 53.7 Å². The van der Waals surface area contributed by atoms with Gasteiger partial charge in [0.1, 0.15) is 0 Å². The Bertz CT molecular complexity index is 719. The molecule has 0 amide bonds. The van der Waals surface area contributed by atoms with Crippen LogP contribution in [-0.2, 0) is 6.54 Å². The van der Waals surface area contributed by atoms with Crippen molar-refractivity contribution in [3.05, 3.63) is 54.2 Å². The molecule has 0 radical (unpaired) electrons. The molecule has 6 nitrogen and oxygen atoms in total. The van der Waals surface area contributed by atoms with Crippen molar-refractivity contribution in [1.82, 2.24) is 15.6 Å². The van der Waals surface area contributed by atoms with Gasteiger partial charge in [-0.15, -0.1) is 0 Å². The van der Waals surface area contributed by atoms with Gasteiger partial charge < -0.3 is 20.3 Å². The summed E-state index contributed by atoms with van der Waals surface area (Å²) in [6.07, 6.45) is 2.82. The van der Waals surface area contributed by atoms with Gasteiger partial charge in [-0.25, -0.2) is 9.98 Å². The van der Waals surface area contributed by atoms with Crippen LogP contribution in [0, 0.1) is 0 Å².